The molecular formula is C17H16O3. The minimum Gasteiger partial charge on any atom is -0.481 e. The quantitative estimate of drug-likeness (QED) is 0.811. The summed E-state index contributed by atoms with van der Waals surface area (Å²) in [6, 6.07) is 17.4. The predicted molar refractivity (Wildman–Crippen MR) is 77.7 cm³/mol. The van der Waals surface area contributed by atoms with Crippen LogP contribution in [0.4, 0.5) is 0 Å². The number of hydrogen-bond donors (Lipinski definition) is 1. The molecule has 2 rings (SSSR count). The lowest BCUT2D eigenvalue weighted by molar-refractivity contribution is -0.137. The summed E-state index contributed by atoms with van der Waals surface area (Å²) in [6.07, 6.45) is 0.694. The van der Waals surface area contributed by atoms with E-state index in [0.717, 1.165) is 11.1 Å². The van der Waals surface area contributed by atoms with Gasteiger partial charge in [-0.3, -0.25) is 9.59 Å². The van der Waals surface area contributed by atoms with Gasteiger partial charge in [0.25, 0.3) is 0 Å². The van der Waals surface area contributed by atoms with Crippen LogP contribution in [0.2, 0.25) is 0 Å². The molecule has 102 valence electrons. The van der Waals surface area contributed by atoms with Gasteiger partial charge < -0.3 is 5.11 Å². The molecule has 0 aromatic heterocycles. The van der Waals surface area contributed by atoms with Gasteiger partial charge in [0.05, 0.1) is 0 Å². The van der Waals surface area contributed by atoms with Crippen LogP contribution in [0.3, 0.4) is 0 Å². The Labute approximate surface area is 117 Å². The fourth-order valence-electron chi connectivity index (χ4n) is 2.02. The second-order valence-corrected chi connectivity index (χ2v) is 4.61. The number of carbonyl (C=O) groups is 2. The normalized spacial score (nSPS) is 10.2. The highest BCUT2D eigenvalue weighted by Gasteiger charge is 2.07. The molecule has 0 aliphatic rings. The highest BCUT2D eigenvalue weighted by molar-refractivity contribution is 5.96. The molecule has 3 heteroatoms. The summed E-state index contributed by atoms with van der Waals surface area (Å²) >= 11 is 0. The standard InChI is InChI=1S/C17H16O3/c18-16(7-4-8-17(19)20)15-11-9-14(10-12-15)13-5-2-1-3-6-13/h1-3,5-6,9-12H,4,7-8H2,(H,19,20). The fraction of sp³-hybridized carbons (Fsp3) is 0.176. The van der Waals surface area contributed by atoms with Gasteiger partial charge in [0.15, 0.2) is 5.78 Å². The van der Waals surface area contributed by atoms with Crippen molar-refractivity contribution in [3.63, 3.8) is 0 Å². The minimum atomic E-state index is -0.864. The van der Waals surface area contributed by atoms with E-state index in [-0.39, 0.29) is 18.6 Å². The third kappa shape index (κ3) is 3.79. The lowest BCUT2D eigenvalue weighted by Crippen LogP contribution is -2.01. The van der Waals surface area contributed by atoms with Crippen LogP contribution in [-0.2, 0) is 4.79 Å². The van der Waals surface area contributed by atoms with Crippen molar-refractivity contribution in [1.29, 1.82) is 0 Å². The smallest absolute Gasteiger partial charge is 0.303 e. The van der Waals surface area contributed by atoms with Crippen LogP contribution < -0.4 is 0 Å². The summed E-state index contributed by atoms with van der Waals surface area (Å²) < 4.78 is 0. The molecule has 1 N–H and O–H groups in total. The first-order chi connectivity index (χ1) is 9.66. The Morgan fingerprint density at radius 2 is 1.40 bits per heavy atom. The lowest BCUT2D eigenvalue weighted by Gasteiger charge is -2.04. The number of Topliss-reactive ketones (excluding diaryl/α,β-unsaturated/α-hetero) is 1. The van der Waals surface area contributed by atoms with Crippen molar-refractivity contribution < 1.29 is 14.7 Å². The van der Waals surface area contributed by atoms with Gasteiger partial charge in [-0.25, -0.2) is 0 Å². The Morgan fingerprint density at radius 1 is 0.800 bits per heavy atom. The average Bonchev–Trinajstić information content (AvgIpc) is 2.48. The first kappa shape index (κ1) is 14.0. The van der Waals surface area contributed by atoms with E-state index in [1.165, 1.54) is 0 Å². The van der Waals surface area contributed by atoms with E-state index in [9.17, 15) is 9.59 Å². The summed E-state index contributed by atoms with van der Waals surface area (Å²) in [5.41, 5.74) is 2.81. The molecule has 0 aliphatic heterocycles. The molecule has 0 spiro atoms. The number of rotatable bonds is 6. The average molecular weight is 268 g/mol. The molecule has 2 aromatic rings. The third-order valence-corrected chi connectivity index (χ3v) is 3.11. The maximum atomic E-state index is 11.9. The van der Waals surface area contributed by atoms with Gasteiger partial charge in [0.2, 0.25) is 0 Å². The Morgan fingerprint density at radius 3 is 2.00 bits per heavy atom. The molecule has 0 atom stereocenters. The van der Waals surface area contributed by atoms with Crippen molar-refractivity contribution in [2.75, 3.05) is 0 Å². The number of hydrogen-bond acceptors (Lipinski definition) is 2. The van der Waals surface area contributed by atoms with Crippen LogP contribution in [0.15, 0.2) is 54.6 Å². The molecule has 2 aromatic carbocycles. The van der Waals surface area contributed by atoms with Gasteiger partial charge in [-0.05, 0) is 17.5 Å². The van der Waals surface area contributed by atoms with Gasteiger partial charge in [0, 0.05) is 18.4 Å². The summed E-state index contributed by atoms with van der Waals surface area (Å²) in [5.74, 6) is -0.872. The van der Waals surface area contributed by atoms with Crippen LogP contribution in [0, 0.1) is 0 Å². The zero-order valence-electron chi connectivity index (χ0n) is 11.1. The molecule has 0 amide bonds. The summed E-state index contributed by atoms with van der Waals surface area (Å²) in [6.45, 7) is 0. The molecular weight excluding hydrogens is 252 g/mol. The molecule has 0 fully saturated rings. The highest BCUT2D eigenvalue weighted by Crippen LogP contribution is 2.20. The number of carboxylic acids is 1. The number of benzene rings is 2. The molecule has 0 unspecified atom stereocenters. The summed E-state index contributed by atoms with van der Waals surface area (Å²) in [5, 5.41) is 8.55. The highest BCUT2D eigenvalue weighted by atomic mass is 16.4. The maximum Gasteiger partial charge on any atom is 0.303 e. The molecule has 0 saturated carbocycles. The Balaban J connectivity index is 2.01. The Kier molecular flexibility index (Phi) is 4.66. The molecule has 0 saturated heterocycles. The van der Waals surface area contributed by atoms with E-state index in [1.807, 2.05) is 42.5 Å². The van der Waals surface area contributed by atoms with Gasteiger partial charge in [-0.2, -0.15) is 0 Å². The van der Waals surface area contributed by atoms with Crippen molar-refractivity contribution >= 4 is 11.8 Å². The van der Waals surface area contributed by atoms with Crippen LogP contribution in [-0.4, -0.2) is 16.9 Å². The predicted octanol–water partition coefficient (Wildman–Crippen LogP) is 3.79. The second-order valence-electron chi connectivity index (χ2n) is 4.61. The van der Waals surface area contributed by atoms with Crippen LogP contribution in [0.25, 0.3) is 11.1 Å². The number of carboxylic acid groups (broad SMARTS) is 1. The first-order valence-electron chi connectivity index (χ1n) is 6.57. The third-order valence-electron chi connectivity index (χ3n) is 3.11. The van der Waals surface area contributed by atoms with Crippen LogP contribution in [0.1, 0.15) is 29.6 Å². The Hall–Kier alpha value is -2.42. The van der Waals surface area contributed by atoms with Gasteiger partial charge in [0.1, 0.15) is 0 Å². The summed E-state index contributed by atoms with van der Waals surface area (Å²) in [4.78, 5) is 22.3. The zero-order valence-corrected chi connectivity index (χ0v) is 11.1. The molecule has 0 aliphatic carbocycles. The van der Waals surface area contributed by atoms with Crippen molar-refractivity contribution in [2.45, 2.75) is 19.3 Å². The zero-order chi connectivity index (χ0) is 14.4. The SMILES string of the molecule is O=C(O)CCCC(=O)c1ccc(-c2ccccc2)cc1. The van der Waals surface area contributed by atoms with Gasteiger partial charge >= 0.3 is 5.97 Å². The molecule has 20 heavy (non-hydrogen) atoms. The van der Waals surface area contributed by atoms with Crippen molar-refractivity contribution in [2.24, 2.45) is 0 Å². The molecule has 3 nitrogen and oxygen atoms in total. The van der Waals surface area contributed by atoms with E-state index in [1.54, 1.807) is 12.1 Å². The van der Waals surface area contributed by atoms with E-state index in [4.69, 9.17) is 5.11 Å². The van der Waals surface area contributed by atoms with Crippen LogP contribution >= 0.6 is 0 Å². The van der Waals surface area contributed by atoms with Crippen molar-refractivity contribution in [1.82, 2.24) is 0 Å². The largest absolute Gasteiger partial charge is 0.481 e. The topological polar surface area (TPSA) is 54.4 Å². The van der Waals surface area contributed by atoms with E-state index >= 15 is 0 Å². The Bertz CT molecular complexity index is 585. The van der Waals surface area contributed by atoms with Gasteiger partial charge in [-0.1, -0.05) is 54.6 Å². The van der Waals surface area contributed by atoms with Crippen molar-refractivity contribution in [3.05, 3.63) is 60.2 Å². The van der Waals surface area contributed by atoms with Gasteiger partial charge in [-0.15, -0.1) is 0 Å². The first-order valence-corrected chi connectivity index (χ1v) is 6.57. The lowest BCUT2D eigenvalue weighted by atomic mass is 10.0. The minimum absolute atomic E-state index is 0.00846. The van der Waals surface area contributed by atoms with E-state index in [0.29, 0.717) is 12.0 Å². The number of carbonyl (C=O) groups excluding carboxylic acids is 1. The fourth-order valence-corrected chi connectivity index (χ4v) is 2.02. The van der Waals surface area contributed by atoms with Crippen LogP contribution in [0.5, 0.6) is 0 Å². The van der Waals surface area contributed by atoms with E-state index in [2.05, 4.69) is 0 Å². The monoisotopic (exact) mass is 268 g/mol. The maximum absolute atomic E-state index is 11.9. The van der Waals surface area contributed by atoms with E-state index < -0.39 is 5.97 Å². The number of aliphatic carboxylic acids is 1. The summed E-state index contributed by atoms with van der Waals surface area (Å²) in [7, 11) is 0. The van der Waals surface area contributed by atoms with Crippen molar-refractivity contribution in [3.8, 4) is 11.1 Å². The number of ketones is 1. The molecule has 0 radical (unpaired) electrons. The second kappa shape index (κ2) is 6.66. The molecule has 0 heterocycles. The molecule has 0 bridgehead atoms.